The average molecular weight is 323 g/mol. The molecule has 1 unspecified atom stereocenters. The van der Waals surface area contributed by atoms with Crippen LogP contribution in [0.3, 0.4) is 0 Å². The van der Waals surface area contributed by atoms with E-state index in [1.54, 1.807) is 18.2 Å². The van der Waals surface area contributed by atoms with E-state index in [0.717, 1.165) is 16.9 Å². The molecule has 4 heteroatoms. The maximum atomic E-state index is 10.6. The van der Waals surface area contributed by atoms with Gasteiger partial charge in [0.15, 0.2) is 0 Å². The van der Waals surface area contributed by atoms with Gasteiger partial charge in [0.1, 0.15) is 11.9 Å². The summed E-state index contributed by atoms with van der Waals surface area (Å²) in [5, 5.41) is 11.6. The Hall–Kier alpha value is -1.22. The molecule has 21 heavy (non-hydrogen) atoms. The quantitative estimate of drug-likeness (QED) is 0.864. The molecule has 0 amide bonds. The third kappa shape index (κ3) is 2.76. The Morgan fingerprint density at radius 1 is 1.05 bits per heavy atom. The largest absolute Gasteiger partial charge is 0.492 e. The van der Waals surface area contributed by atoms with Gasteiger partial charge in [-0.1, -0.05) is 43.1 Å². The van der Waals surface area contributed by atoms with Crippen molar-refractivity contribution in [2.45, 2.75) is 25.4 Å². The second-order valence-electron chi connectivity index (χ2n) is 6.03. The first-order valence-corrected chi connectivity index (χ1v) is 7.54. The van der Waals surface area contributed by atoms with Gasteiger partial charge in [-0.25, -0.2) is 0 Å². The fourth-order valence-corrected chi connectivity index (χ4v) is 3.18. The molecule has 1 aliphatic rings. The highest BCUT2D eigenvalue weighted by atomic mass is 35.5. The number of aliphatic hydroxyl groups excluding tert-OH is 1. The normalized spacial score (nSPS) is 17.2. The molecule has 1 heterocycles. The van der Waals surface area contributed by atoms with Gasteiger partial charge in [0, 0.05) is 21.0 Å². The lowest BCUT2D eigenvalue weighted by Gasteiger charge is -2.18. The summed E-state index contributed by atoms with van der Waals surface area (Å²) >= 11 is 12.0. The number of hydrogen-bond acceptors (Lipinski definition) is 2. The SMILES string of the molecule is CC1(C)COc2ccc(C(O)c3cc(Cl)cc(Cl)c3)cc21. The number of hydrogen-bond donors (Lipinski definition) is 1. The van der Waals surface area contributed by atoms with Crippen molar-refractivity contribution in [2.75, 3.05) is 6.61 Å². The van der Waals surface area contributed by atoms with E-state index in [9.17, 15) is 5.11 Å². The van der Waals surface area contributed by atoms with Crippen LogP contribution in [0.15, 0.2) is 36.4 Å². The van der Waals surface area contributed by atoms with Crippen LogP contribution in [0.25, 0.3) is 0 Å². The fraction of sp³-hybridized carbons (Fsp3) is 0.294. The van der Waals surface area contributed by atoms with Gasteiger partial charge >= 0.3 is 0 Å². The summed E-state index contributed by atoms with van der Waals surface area (Å²) in [5.41, 5.74) is 2.57. The van der Waals surface area contributed by atoms with Gasteiger partial charge in [0.05, 0.1) is 6.61 Å². The summed E-state index contributed by atoms with van der Waals surface area (Å²) in [4.78, 5) is 0. The van der Waals surface area contributed by atoms with Crippen molar-refractivity contribution in [3.63, 3.8) is 0 Å². The monoisotopic (exact) mass is 322 g/mol. The minimum absolute atomic E-state index is 0.0446. The topological polar surface area (TPSA) is 29.5 Å². The highest BCUT2D eigenvalue weighted by Crippen LogP contribution is 2.40. The Labute approximate surface area is 134 Å². The molecule has 1 atom stereocenters. The summed E-state index contributed by atoms with van der Waals surface area (Å²) in [6, 6.07) is 10.9. The highest BCUT2D eigenvalue weighted by molar-refractivity contribution is 6.34. The third-order valence-corrected chi connectivity index (χ3v) is 4.27. The van der Waals surface area contributed by atoms with E-state index >= 15 is 0 Å². The number of fused-ring (bicyclic) bond motifs is 1. The molecule has 0 radical (unpaired) electrons. The molecule has 0 saturated carbocycles. The summed E-state index contributed by atoms with van der Waals surface area (Å²) in [6.07, 6.45) is -0.761. The van der Waals surface area contributed by atoms with Crippen LogP contribution in [0.2, 0.25) is 10.0 Å². The van der Waals surface area contributed by atoms with Crippen LogP contribution < -0.4 is 4.74 Å². The molecule has 3 rings (SSSR count). The maximum absolute atomic E-state index is 10.6. The molecule has 0 aliphatic carbocycles. The minimum atomic E-state index is -0.761. The lowest BCUT2D eigenvalue weighted by Crippen LogP contribution is -2.18. The van der Waals surface area contributed by atoms with Crippen LogP contribution in [0.5, 0.6) is 5.75 Å². The van der Waals surface area contributed by atoms with Crippen molar-refractivity contribution in [1.29, 1.82) is 0 Å². The zero-order valence-electron chi connectivity index (χ0n) is 11.9. The molecule has 110 valence electrons. The van der Waals surface area contributed by atoms with Crippen molar-refractivity contribution < 1.29 is 9.84 Å². The van der Waals surface area contributed by atoms with Gasteiger partial charge < -0.3 is 9.84 Å². The fourth-order valence-electron chi connectivity index (χ4n) is 2.63. The van der Waals surface area contributed by atoms with E-state index in [1.165, 1.54) is 0 Å². The van der Waals surface area contributed by atoms with Crippen LogP contribution in [-0.4, -0.2) is 11.7 Å². The highest BCUT2D eigenvalue weighted by Gasteiger charge is 2.32. The molecule has 0 saturated heterocycles. The van der Waals surface area contributed by atoms with Crippen molar-refractivity contribution in [2.24, 2.45) is 0 Å². The van der Waals surface area contributed by atoms with Crippen LogP contribution in [0.1, 0.15) is 36.6 Å². The molecule has 2 aromatic carbocycles. The summed E-state index contributed by atoms with van der Waals surface area (Å²) in [7, 11) is 0. The van der Waals surface area contributed by atoms with Crippen LogP contribution in [-0.2, 0) is 5.41 Å². The zero-order chi connectivity index (χ0) is 15.2. The second-order valence-corrected chi connectivity index (χ2v) is 6.91. The smallest absolute Gasteiger partial charge is 0.123 e. The lowest BCUT2D eigenvalue weighted by molar-refractivity contribution is 0.220. The summed E-state index contributed by atoms with van der Waals surface area (Å²) in [6.45, 7) is 4.92. The first-order valence-electron chi connectivity index (χ1n) is 6.78. The van der Waals surface area contributed by atoms with Crippen molar-refractivity contribution >= 4 is 23.2 Å². The molecular weight excluding hydrogens is 307 g/mol. The van der Waals surface area contributed by atoms with E-state index in [1.807, 2.05) is 18.2 Å². The molecule has 0 bridgehead atoms. The number of halogens is 2. The van der Waals surface area contributed by atoms with E-state index in [4.69, 9.17) is 27.9 Å². The lowest BCUT2D eigenvalue weighted by atomic mass is 9.85. The summed E-state index contributed by atoms with van der Waals surface area (Å²) < 4.78 is 5.67. The zero-order valence-corrected chi connectivity index (χ0v) is 13.4. The van der Waals surface area contributed by atoms with Crippen LogP contribution in [0, 0.1) is 0 Å². The van der Waals surface area contributed by atoms with Crippen molar-refractivity contribution in [3.8, 4) is 5.75 Å². The van der Waals surface area contributed by atoms with Gasteiger partial charge in [0.25, 0.3) is 0 Å². The number of aliphatic hydroxyl groups is 1. The molecule has 2 nitrogen and oxygen atoms in total. The number of rotatable bonds is 2. The Balaban J connectivity index is 2.01. The molecule has 2 aromatic rings. The molecule has 0 aromatic heterocycles. The Morgan fingerprint density at radius 2 is 1.71 bits per heavy atom. The van der Waals surface area contributed by atoms with E-state index < -0.39 is 6.10 Å². The minimum Gasteiger partial charge on any atom is -0.492 e. The van der Waals surface area contributed by atoms with Gasteiger partial charge in [-0.15, -0.1) is 0 Å². The second kappa shape index (κ2) is 5.20. The van der Waals surface area contributed by atoms with Crippen LogP contribution >= 0.6 is 23.2 Å². The molecule has 1 aliphatic heterocycles. The molecular formula is C17H16Cl2O2. The first-order chi connectivity index (χ1) is 9.87. The standard InChI is InChI=1S/C17H16Cl2O2/c1-17(2)9-21-15-4-3-10(7-14(15)17)16(20)11-5-12(18)8-13(19)6-11/h3-8,16,20H,9H2,1-2H3. The maximum Gasteiger partial charge on any atom is 0.123 e. The van der Waals surface area contributed by atoms with Gasteiger partial charge in [-0.2, -0.15) is 0 Å². The molecule has 0 spiro atoms. The Kier molecular flexibility index (Phi) is 3.64. The van der Waals surface area contributed by atoms with E-state index in [-0.39, 0.29) is 5.41 Å². The van der Waals surface area contributed by atoms with Crippen LogP contribution in [0.4, 0.5) is 0 Å². The summed E-state index contributed by atoms with van der Waals surface area (Å²) in [5.74, 6) is 0.889. The Morgan fingerprint density at radius 3 is 2.38 bits per heavy atom. The van der Waals surface area contributed by atoms with E-state index in [2.05, 4.69) is 13.8 Å². The number of benzene rings is 2. The predicted octanol–water partition coefficient (Wildman–Crippen LogP) is 4.75. The molecule has 1 N–H and O–H groups in total. The van der Waals surface area contributed by atoms with Gasteiger partial charge in [-0.3, -0.25) is 0 Å². The van der Waals surface area contributed by atoms with E-state index in [0.29, 0.717) is 22.2 Å². The Bertz CT molecular complexity index is 675. The van der Waals surface area contributed by atoms with Gasteiger partial charge in [0.2, 0.25) is 0 Å². The third-order valence-electron chi connectivity index (χ3n) is 3.84. The van der Waals surface area contributed by atoms with Gasteiger partial charge in [-0.05, 0) is 41.5 Å². The first kappa shape index (κ1) is 14.7. The predicted molar refractivity (Wildman–Crippen MR) is 85.5 cm³/mol. The number of ether oxygens (including phenoxy) is 1. The van der Waals surface area contributed by atoms with Crippen molar-refractivity contribution in [1.82, 2.24) is 0 Å². The van der Waals surface area contributed by atoms with Crippen molar-refractivity contribution in [3.05, 3.63) is 63.1 Å². The molecule has 0 fully saturated rings. The average Bonchev–Trinajstić information content (AvgIpc) is 2.72.